The molecule has 0 spiro atoms. The van der Waals surface area contributed by atoms with Crippen molar-refractivity contribution in [3.63, 3.8) is 0 Å². The Morgan fingerprint density at radius 1 is 1.03 bits per heavy atom. The van der Waals surface area contributed by atoms with Gasteiger partial charge in [-0.05, 0) is 65.1 Å². The summed E-state index contributed by atoms with van der Waals surface area (Å²) >= 11 is 0. The number of benzene rings is 3. The molecule has 2 heterocycles. The van der Waals surface area contributed by atoms with Gasteiger partial charge in [0.15, 0.2) is 0 Å². The van der Waals surface area contributed by atoms with Gasteiger partial charge in [0.05, 0.1) is 6.04 Å². The molecule has 36 heavy (non-hydrogen) atoms. The average molecular weight is 482 g/mol. The van der Waals surface area contributed by atoms with E-state index in [1.807, 2.05) is 49.4 Å². The van der Waals surface area contributed by atoms with Gasteiger partial charge in [-0.2, -0.15) is 0 Å². The third-order valence-electron chi connectivity index (χ3n) is 6.75. The SMILES string of the molecule is CC(NC(=O)c1ccc(CN2CC=C(c3ccc(F)cc3)CC2)[nH]c1=O)c1cccc2ccccc12. The van der Waals surface area contributed by atoms with E-state index in [0.717, 1.165) is 47.1 Å². The Balaban J connectivity index is 1.23. The molecule has 0 saturated heterocycles. The van der Waals surface area contributed by atoms with Crippen LogP contribution in [0.1, 0.15) is 46.6 Å². The van der Waals surface area contributed by atoms with Crippen molar-refractivity contribution >= 4 is 22.3 Å². The molecule has 0 radical (unpaired) electrons. The van der Waals surface area contributed by atoms with Crippen LogP contribution in [-0.2, 0) is 6.54 Å². The smallest absolute Gasteiger partial charge is 0.261 e. The quantitative estimate of drug-likeness (QED) is 0.385. The fraction of sp³-hybridized carbons (Fsp3) is 0.200. The van der Waals surface area contributed by atoms with Crippen molar-refractivity contribution < 1.29 is 9.18 Å². The van der Waals surface area contributed by atoms with Gasteiger partial charge >= 0.3 is 0 Å². The average Bonchev–Trinajstić information content (AvgIpc) is 2.89. The van der Waals surface area contributed by atoms with Gasteiger partial charge < -0.3 is 10.3 Å². The summed E-state index contributed by atoms with van der Waals surface area (Å²) in [5.74, 6) is -0.631. The maximum absolute atomic E-state index is 13.2. The van der Waals surface area contributed by atoms with E-state index < -0.39 is 11.5 Å². The van der Waals surface area contributed by atoms with E-state index in [1.54, 1.807) is 24.3 Å². The Hall–Kier alpha value is -4.03. The van der Waals surface area contributed by atoms with Crippen LogP contribution in [-0.4, -0.2) is 28.9 Å². The van der Waals surface area contributed by atoms with Gasteiger partial charge in [-0.3, -0.25) is 14.5 Å². The molecule has 1 aromatic heterocycles. The highest BCUT2D eigenvalue weighted by Gasteiger charge is 2.18. The number of carbonyl (C=O) groups excluding carboxylic acids is 1. The van der Waals surface area contributed by atoms with Gasteiger partial charge in [-0.1, -0.05) is 60.7 Å². The van der Waals surface area contributed by atoms with E-state index in [0.29, 0.717) is 6.54 Å². The maximum Gasteiger partial charge on any atom is 0.261 e. The molecular formula is C30H28FN3O2. The summed E-state index contributed by atoms with van der Waals surface area (Å²) in [6.07, 6.45) is 2.99. The summed E-state index contributed by atoms with van der Waals surface area (Å²) in [6, 6.07) is 23.8. The number of halogens is 1. The minimum Gasteiger partial charge on any atom is -0.345 e. The Kier molecular flexibility index (Phi) is 6.78. The summed E-state index contributed by atoms with van der Waals surface area (Å²) in [5, 5.41) is 5.16. The molecule has 2 N–H and O–H groups in total. The van der Waals surface area contributed by atoms with Crippen LogP contribution >= 0.6 is 0 Å². The zero-order chi connectivity index (χ0) is 25.1. The molecule has 4 aromatic rings. The van der Waals surface area contributed by atoms with E-state index in [9.17, 15) is 14.0 Å². The second-order valence-corrected chi connectivity index (χ2v) is 9.21. The lowest BCUT2D eigenvalue weighted by atomic mass is 9.99. The number of aromatic amines is 1. The number of amides is 1. The first-order valence-corrected chi connectivity index (χ1v) is 12.2. The summed E-state index contributed by atoms with van der Waals surface area (Å²) in [4.78, 5) is 30.7. The minimum atomic E-state index is -0.395. The molecule has 0 bridgehead atoms. The van der Waals surface area contributed by atoms with E-state index >= 15 is 0 Å². The molecule has 0 aliphatic carbocycles. The van der Waals surface area contributed by atoms with Crippen LogP contribution in [0.25, 0.3) is 16.3 Å². The summed E-state index contributed by atoms with van der Waals surface area (Å²) in [7, 11) is 0. The maximum atomic E-state index is 13.2. The first kappa shape index (κ1) is 23.7. The number of H-pyrrole nitrogens is 1. The largest absolute Gasteiger partial charge is 0.345 e. The summed E-state index contributed by atoms with van der Waals surface area (Å²) in [6.45, 7) is 4.07. The Bertz CT molecular complexity index is 1490. The molecule has 1 unspecified atom stereocenters. The number of nitrogens with one attached hydrogen (secondary N) is 2. The lowest BCUT2D eigenvalue weighted by Gasteiger charge is -2.26. The van der Waals surface area contributed by atoms with Gasteiger partial charge in [0.1, 0.15) is 11.4 Å². The molecule has 1 aliphatic rings. The second-order valence-electron chi connectivity index (χ2n) is 9.21. The molecule has 3 aromatic carbocycles. The van der Waals surface area contributed by atoms with Gasteiger partial charge in [0, 0.05) is 25.3 Å². The molecule has 5 rings (SSSR count). The molecular weight excluding hydrogens is 453 g/mol. The second kappa shape index (κ2) is 10.3. The minimum absolute atomic E-state index is 0.1000. The van der Waals surface area contributed by atoms with Crippen molar-refractivity contribution in [2.24, 2.45) is 0 Å². The van der Waals surface area contributed by atoms with Crippen LogP contribution in [0, 0.1) is 5.82 Å². The van der Waals surface area contributed by atoms with Crippen LogP contribution in [0.3, 0.4) is 0 Å². The fourth-order valence-corrected chi connectivity index (χ4v) is 4.79. The Morgan fingerprint density at radius 2 is 1.81 bits per heavy atom. The highest BCUT2D eigenvalue weighted by Crippen LogP contribution is 2.25. The van der Waals surface area contributed by atoms with Crippen molar-refractivity contribution in [1.82, 2.24) is 15.2 Å². The first-order chi connectivity index (χ1) is 17.5. The third kappa shape index (κ3) is 5.14. The number of pyridine rings is 1. The first-order valence-electron chi connectivity index (χ1n) is 12.2. The van der Waals surface area contributed by atoms with Crippen molar-refractivity contribution in [2.45, 2.75) is 25.9 Å². The normalized spacial score (nSPS) is 14.9. The lowest BCUT2D eigenvalue weighted by Crippen LogP contribution is -2.33. The lowest BCUT2D eigenvalue weighted by molar-refractivity contribution is 0.0938. The van der Waals surface area contributed by atoms with Crippen LogP contribution in [0.2, 0.25) is 0 Å². The number of aromatic nitrogens is 1. The zero-order valence-corrected chi connectivity index (χ0v) is 20.1. The van der Waals surface area contributed by atoms with Crippen molar-refractivity contribution in [3.05, 3.63) is 123 Å². The number of carbonyl (C=O) groups is 1. The van der Waals surface area contributed by atoms with Crippen LogP contribution in [0.15, 0.2) is 89.7 Å². The van der Waals surface area contributed by atoms with Gasteiger partial charge in [0.2, 0.25) is 0 Å². The highest BCUT2D eigenvalue weighted by molar-refractivity contribution is 5.94. The number of hydrogen-bond donors (Lipinski definition) is 2. The van der Waals surface area contributed by atoms with Crippen molar-refractivity contribution in [1.29, 1.82) is 0 Å². The number of rotatable bonds is 6. The molecule has 0 fully saturated rings. The van der Waals surface area contributed by atoms with E-state index in [1.165, 1.54) is 17.7 Å². The van der Waals surface area contributed by atoms with E-state index in [2.05, 4.69) is 21.3 Å². The Morgan fingerprint density at radius 3 is 2.56 bits per heavy atom. The topological polar surface area (TPSA) is 65.2 Å². The molecule has 6 heteroatoms. The molecule has 5 nitrogen and oxygen atoms in total. The number of nitrogens with zero attached hydrogens (tertiary/aromatic N) is 1. The number of fused-ring (bicyclic) bond motifs is 1. The van der Waals surface area contributed by atoms with Crippen LogP contribution < -0.4 is 10.9 Å². The highest BCUT2D eigenvalue weighted by atomic mass is 19.1. The Labute approximate surface area is 209 Å². The monoisotopic (exact) mass is 481 g/mol. The third-order valence-corrected chi connectivity index (χ3v) is 6.75. The van der Waals surface area contributed by atoms with Crippen LogP contribution in [0.5, 0.6) is 0 Å². The zero-order valence-electron chi connectivity index (χ0n) is 20.1. The number of hydrogen-bond acceptors (Lipinski definition) is 3. The fourth-order valence-electron chi connectivity index (χ4n) is 4.79. The standard InChI is InChI=1S/C30H28FN3O2/c1-20(26-8-4-6-23-5-2-3-7-27(23)26)32-29(35)28-14-13-25(33-30(28)36)19-34-17-15-22(16-18-34)21-9-11-24(31)12-10-21/h2-15,20H,16-19H2,1H3,(H,32,35)(H,33,36). The summed E-state index contributed by atoms with van der Waals surface area (Å²) in [5.41, 5.74) is 3.72. The molecule has 0 saturated carbocycles. The molecule has 182 valence electrons. The van der Waals surface area contributed by atoms with Gasteiger partial charge in [-0.15, -0.1) is 0 Å². The van der Waals surface area contributed by atoms with E-state index in [-0.39, 0.29) is 17.4 Å². The summed E-state index contributed by atoms with van der Waals surface area (Å²) < 4.78 is 13.2. The molecule has 1 amide bonds. The van der Waals surface area contributed by atoms with E-state index in [4.69, 9.17) is 0 Å². The molecule has 1 atom stereocenters. The predicted molar refractivity (Wildman–Crippen MR) is 141 cm³/mol. The van der Waals surface area contributed by atoms with Crippen LogP contribution in [0.4, 0.5) is 4.39 Å². The molecule has 1 aliphatic heterocycles. The van der Waals surface area contributed by atoms with Crippen molar-refractivity contribution in [3.8, 4) is 0 Å². The predicted octanol–water partition coefficient (Wildman–Crippen LogP) is 5.45. The van der Waals surface area contributed by atoms with Gasteiger partial charge in [0.25, 0.3) is 11.5 Å². The van der Waals surface area contributed by atoms with Gasteiger partial charge in [-0.25, -0.2) is 4.39 Å². The van der Waals surface area contributed by atoms with Crippen molar-refractivity contribution in [2.75, 3.05) is 13.1 Å².